The van der Waals surface area contributed by atoms with Gasteiger partial charge in [0, 0.05) is 4.47 Å². The highest BCUT2D eigenvalue weighted by molar-refractivity contribution is 9.10. The van der Waals surface area contributed by atoms with Crippen molar-refractivity contribution in [1.29, 1.82) is 0 Å². The van der Waals surface area contributed by atoms with Crippen LogP contribution in [0.15, 0.2) is 22.7 Å². The molecular formula is C10H12BrN. The lowest BCUT2D eigenvalue weighted by Gasteiger charge is -2.07. The van der Waals surface area contributed by atoms with Crippen LogP contribution in [0.4, 0.5) is 0 Å². The summed E-state index contributed by atoms with van der Waals surface area (Å²) in [6, 6.07) is 6.40. The third-order valence-corrected chi connectivity index (χ3v) is 3.37. The van der Waals surface area contributed by atoms with Crippen molar-refractivity contribution in [3.05, 3.63) is 33.8 Å². The molecule has 0 aliphatic heterocycles. The zero-order chi connectivity index (χ0) is 8.55. The average molecular weight is 226 g/mol. The number of hydrogen-bond acceptors (Lipinski definition) is 1. The molecule has 2 heteroatoms. The Labute approximate surface area is 81.1 Å². The molecule has 1 nitrogen and oxygen atoms in total. The molecule has 12 heavy (non-hydrogen) atoms. The number of benzene rings is 1. The lowest BCUT2D eigenvalue weighted by molar-refractivity contribution is 0.688. The van der Waals surface area contributed by atoms with E-state index in [1.807, 2.05) is 0 Å². The van der Waals surface area contributed by atoms with E-state index < -0.39 is 0 Å². The standard InChI is InChI=1S/C10H12BrN/c11-10-3-1-2-8-7(6-12)4-5-9(8)10/h1-3,7H,4-6,12H2. The maximum atomic E-state index is 5.68. The van der Waals surface area contributed by atoms with Crippen molar-refractivity contribution in [1.82, 2.24) is 0 Å². The van der Waals surface area contributed by atoms with Crippen molar-refractivity contribution in [3.63, 3.8) is 0 Å². The quantitative estimate of drug-likeness (QED) is 0.781. The molecule has 0 saturated carbocycles. The van der Waals surface area contributed by atoms with Gasteiger partial charge in [0.05, 0.1) is 0 Å². The summed E-state index contributed by atoms with van der Waals surface area (Å²) in [6.45, 7) is 0.781. The number of hydrogen-bond donors (Lipinski definition) is 1. The zero-order valence-corrected chi connectivity index (χ0v) is 8.47. The third kappa shape index (κ3) is 1.19. The van der Waals surface area contributed by atoms with Crippen LogP contribution in [0.25, 0.3) is 0 Å². The molecule has 1 aliphatic carbocycles. The van der Waals surface area contributed by atoms with Gasteiger partial charge >= 0.3 is 0 Å². The van der Waals surface area contributed by atoms with Gasteiger partial charge in [-0.2, -0.15) is 0 Å². The fourth-order valence-electron chi connectivity index (χ4n) is 1.94. The van der Waals surface area contributed by atoms with Gasteiger partial charge in [0.1, 0.15) is 0 Å². The highest BCUT2D eigenvalue weighted by Gasteiger charge is 2.22. The van der Waals surface area contributed by atoms with E-state index in [-0.39, 0.29) is 0 Å². The largest absolute Gasteiger partial charge is 0.330 e. The Kier molecular flexibility index (Phi) is 2.20. The van der Waals surface area contributed by atoms with E-state index in [0.717, 1.165) is 6.54 Å². The molecule has 0 radical (unpaired) electrons. The van der Waals surface area contributed by atoms with Crippen molar-refractivity contribution in [2.45, 2.75) is 18.8 Å². The number of rotatable bonds is 1. The molecule has 1 aromatic rings. The molecule has 1 unspecified atom stereocenters. The molecule has 2 N–H and O–H groups in total. The van der Waals surface area contributed by atoms with Gasteiger partial charge in [-0.05, 0) is 42.5 Å². The predicted molar refractivity (Wildman–Crippen MR) is 54.3 cm³/mol. The van der Waals surface area contributed by atoms with Crippen LogP contribution in [0, 0.1) is 0 Å². The summed E-state index contributed by atoms with van der Waals surface area (Å²) in [5.41, 5.74) is 8.60. The van der Waals surface area contributed by atoms with Crippen molar-refractivity contribution in [3.8, 4) is 0 Å². The van der Waals surface area contributed by atoms with Gasteiger partial charge in [0.25, 0.3) is 0 Å². The molecule has 0 aromatic heterocycles. The van der Waals surface area contributed by atoms with E-state index in [1.165, 1.54) is 28.4 Å². The number of nitrogens with two attached hydrogens (primary N) is 1. The van der Waals surface area contributed by atoms with Crippen LogP contribution >= 0.6 is 15.9 Å². The molecule has 0 bridgehead atoms. The smallest absolute Gasteiger partial charge is 0.0210 e. The van der Waals surface area contributed by atoms with Gasteiger partial charge < -0.3 is 5.73 Å². The van der Waals surface area contributed by atoms with E-state index in [4.69, 9.17) is 5.73 Å². The maximum absolute atomic E-state index is 5.68. The molecule has 0 spiro atoms. The third-order valence-electron chi connectivity index (χ3n) is 2.62. The molecule has 0 heterocycles. The van der Waals surface area contributed by atoms with Gasteiger partial charge in [-0.25, -0.2) is 0 Å². The summed E-state index contributed by atoms with van der Waals surface area (Å²) in [7, 11) is 0. The van der Waals surface area contributed by atoms with E-state index in [1.54, 1.807) is 0 Å². The molecule has 2 rings (SSSR count). The van der Waals surface area contributed by atoms with Gasteiger partial charge in [-0.1, -0.05) is 28.1 Å². The molecule has 0 fully saturated rings. The second-order valence-electron chi connectivity index (χ2n) is 3.28. The van der Waals surface area contributed by atoms with Crippen LogP contribution in [-0.2, 0) is 6.42 Å². The Morgan fingerprint density at radius 3 is 3.08 bits per heavy atom. The normalized spacial score (nSPS) is 21.0. The van der Waals surface area contributed by atoms with Crippen molar-refractivity contribution < 1.29 is 0 Å². The number of fused-ring (bicyclic) bond motifs is 1. The minimum absolute atomic E-state index is 0.595. The van der Waals surface area contributed by atoms with Crippen LogP contribution in [0.2, 0.25) is 0 Å². The molecule has 1 aromatic carbocycles. The maximum Gasteiger partial charge on any atom is 0.0210 e. The lowest BCUT2D eigenvalue weighted by atomic mass is 10.0. The summed E-state index contributed by atoms with van der Waals surface area (Å²) in [6.07, 6.45) is 2.40. The predicted octanol–water partition coefficient (Wildman–Crippen LogP) is 2.44. The summed E-state index contributed by atoms with van der Waals surface area (Å²) in [5, 5.41) is 0. The summed E-state index contributed by atoms with van der Waals surface area (Å²) in [4.78, 5) is 0. The van der Waals surface area contributed by atoms with Crippen molar-refractivity contribution in [2.24, 2.45) is 5.73 Å². The molecule has 0 amide bonds. The Hall–Kier alpha value is -0.340. The van der Waals surface area contributed by atoms with Crippen LogP contribution < -0.4 is 5.73 Å². The Morgan fingerprint density at radius 2 is 2.33 bits per heavy atom. The molecule has 1 aliphatic rings. The van der Waals surface area contributed by atoms with Gasteiger partial charge in [0.15, 0.2) is 0 Å². The Morgan fingerprint density at radius 1 is 1.50 bits per heavy atom. The molecule has 1 atom stereocenters. The monoisotopic (exact) mass is 225 g/mol. The fourth-order valence-corrected chi connectivity index (χ4v) is 2.52. The van der Waals surface area contributed by atoms with E-state index in [0.29, 0.717) is 5.92 Å². The van der Waals surface area contributed by atoms with E-state index in [2.05, 4.69) is 34.1 Å². The minimum Gasteiger partial charge on any atom is -0.330 e. The molecular weight excluding hydrogens is 214 g/mol. The lowest BCUT2D eigenvalue weighted by Crippen LogP contribution is -2.08. The highest BCUT2D eigenvalue weighted by atomic mass is 79.9. The van der Waals surface area contributed by atoms with Crippen LogP contribution in [0.1, 0.15) is 23.5 Å². The van der Waals surface area contributed by atoms with E-state index >= 15 is 0 Å². The second-order valence-corrected chi connectivity index (χ2v) is 4.13. The summed E-state index contributed by atoms with van der Waals surface area (Å²) in [5.74, 6) is 0.595. The minimum atomic E-state index is 0.595. The second kappa shape index (κ2) is 3.19. The first kappa shape index (κ1) is 8.27. The first-order valence-corrected chi connectivity index (χ1v) is 5.09. The SMILES string of the molecule is NCC1CCc2c(Br)cccc21. The van der Waals surface area contributed by atoms with Crippen LogP contribution in [0.5, 0.6) is 0 Å². The first-order valence-electron chi connectivity index (χ1n) is 4.30. The zero-order valence-electron chi connectivity index (χ0n) is 6.89. The van der Waals surface area contributed by atoms with E-state index in [9.17, 15) is 0 Å². The summed E-state index contributed by atoms with van der Waals surface area (Å²) >= 11 is 3.56. The molecule has 0 saturated heterocycles. The number of halogens is 1. The van der Waals surface area contributed by atoms with Gasteiger partial charge in [-0.3, -0.25) is 0 Å². The fraction of sp³-hybridized carbons (Fsp3) is 0.400. The first-order chi connectivity index (χ1) is 5.83. The van der Waals surface area contributed by atoms with Crippen LogP contribution in [-0.4, -0.2) is 6.54 Å². The Balaban J connectivity index is 2.46. The van der Waals surface area contributed by atoms with Crippen LogP contribution in [0.3, 0.4) is 0 Å². The average Bonchev–Trinajstić information content (AvgIpc) is 2.49. The Bertz CT molecular complexity index is 296. The van der Waals surface area contributed by atoms with Crippen molar-refractivity contribution in [2.75, 3.05) is 6.54 Å². The molecule has 64 valence electrons. The van der Waals surface area contributed by atoms with Gasteiger partial charge in [-0.15, -0.1) is 0 Å². The highest BCUT2D eigenvalue weighted by Crippen LogP contribution is 2.36. The van der Waals surface area contributed by atoms with Crippen molar-refractivity contribution >= 4 is 15.9 Å². The topological polar surface area (TPSA) is 26.0 Å². The van der Waals surface area contributed by atoms with Gasteiger partial charge in [0.2, 0.25) is 0 Å². The summed E-state index contributed by atoms with van der Waals surface area (Å²) < 4.78 is 1.25.